The average molecular weight is 504 g/mol. The third kappa shape index (κ3) is 2.90. The molecule has 24 heavy (non-hydrogen) atoms. The first-order valence-corrected chi connectivity index (χ1v) is 8.87. The lowest BCUT2D eigenvalue weighted by Crippen LogP contribution is -2.06. The number of aromatic nitrogens is 4. The van der Waals surface area contributed by atoms with E-state index in [0.717, 1.165) is 26.2 Å². The van der Waals surface area contributed by atoms with Gasteiger partial charge in [-0.15, -0.1) is 0 Å². The van der Waals surface area contributed by atoms with Gasteiger partial charge in [0.25, 0.3) is 0 Å². The van der Waals surface area contributed by atoms with E-state index in [1.54, 1.807) is 20.5 Å². The molecule has 2 heterocycles. The van der Waals surface area contributed by atoms with Crippen molar-refractivity contribution < 1.29 is 9.47 Å². The summed E-state index contributed by atoms with van der Waals surface area (Å²) in [4.78, 5) is 12.7. The van der Waals surface area contributed by atoms with Crippen molar-refractivity contribution in [1.29, 1.82) is 0 Å². The molecule has 2 aromatic heterocycles. The number of hydrogen-bond acceptors (Lipinski definition) is 6. The van der Waals surface area contributed by atoms with E-state index in [2.05, 4.69) is 53.5 Å². The van der Waals surface area contributed by atoms with Crippen LogP contribution in [-0.2, 0) is 6.54 Å². The van der Waals surface area contributed by atoms with Gasteiger partial charge in [0.05, 0.1) is 30.7 Å². The number of imidazole rings is 1. The first-order valence-electron chi connectivity index (χ1n) is 7.00. The second-order valence-corrected chi connectivity index (χ2v) is 6.96. The van der Waals surface area contributed by atoms with Crippen LogP contribution in [0, 0.1) is 10.5 Å². The van der Waals surface area contributed by atoms with Crippen LogP contribution in [0.5, 0.6) is 11.5 Å². The van der Waals surface area contributed by atoms with E-state index >= 15 is 0 Å². The zero-order chi connectivity index (χ0) is 17.4. The maximum Gasteiger partial charge on any atom is 0.223 e. The molecule has 0 fully saturated rings. The molecule has 0 spiro atoms. The van der Waals surface area contributed by atoms with Crippen LogP contribution in [0.2, 0.25) is 0 Å². The number of nitrogen functional groups attached to an aromatic ring is 1. The number of nitrogens with zero attached hydrogens (tertiary/aromatic N) is 4. The molecule has 126 valence electrons. The molecule has 1 aromatic carbocycles. The quantitative estimate of drug-likeness (QED) is 0.434. The molecule has 3 rings (SSSR count). The van der Waals surface area contributed by atoms with Crippen molar-refractivity contribution in [3.05, 3.63) is 31.7 Å². The number of hydrogen-bond donors (Lipinski definition) is 1. The molecule has 0 aliphatic carbocycles. The van der Waals surface area contributed by atoms with Crippen molar-refractivity contribution in [2.24, 2.45) is 0 Å². The minimum absolute atomic E-state index is 0.199. The molecule has 0 saturated heterocycles. The minimum atomic E-state index is 0.199. The molecule has 0 amide bonds. The van der Waals surface area contributed by atoms with E-state index < -0.39 is 0 Å². The molecule has 0 bridgehead atoms. The molecular weight excluding hydrogens is 489 g/mol. The molecule has 7 nitrogen and oxygen atoms in total. The van der Waals surface area contributed by atoms with Crippen molar-refractivity contribution in [3.8, 4) is 11.5 Å². The molecule has 0 atom stereocenters. The van der Waals surface area contributed by atoms with Crippen LogP contribution in [0.4, 0.5) is 5.95 Å². The van der Waals surface area contributed by atoms with Gasteiger partial charge in [-0.1, -0.05) is 0 Å². The summed E-state index contributed by atoms with van der Waals surface area (Å²) in [6, 6.07) is 2.01. The van der Waals surface area contributed by atoms with Crippen LogP contribution >= 0.6 is 38.5 Å². The fourth-order valence-electron chi connectivity index (χ4n) is 2.55. The van der Waals surface area contributed by atoms with Gasteiger partial charge in [0.15, 0.2) is 5.65 Å². The second-order valence-electron chi connectivity index (χ2n) is 5.13. The summed E-state index contributed by atoms with van der Waals surface area (Å²) in [5, 5.41) is 0. The number of benzene rings is 1. The summed E-state index contributed by atoms with van der Waals surface area (Å²) in [5.74, 6) is 1.79. The van der Waals surface area contributed by atoms with Gasteiger partial charge in [-0.3, -0.25) is 0 Å². The standard InChI is InChI=1S/C15H15BrIN5O2/c1-7-9(23-2)4-8(10(17)12(7)24-3)5-22-6-19-11-13(16)20-15(18)21-14(11)22/h4,6H,5H2,1-3H3,(H2,18,20,21). The Morgan fingerprint density at radius 2 is 2.04 bits per heavy atom. The zero-order valence-corrected chi connectivity index (χ0v) is 17.0. The number of methoxy groups -OCH3 is 2. The summed E-state index contributed by atoms with van der Waals surface area (Å²) >= 11 is 5.65. The van der Waals surface area contributed by atoms with Crippen LogP contribution in [-0.4, -0.2) is 33.7 Å². The number of anilines is 1. The van der Waals surface area contributed by atoms with E-state index in [9.17, 15) is 0 Å². The molecule has 0 radical (unpaired) electrons. The van der Waals surface area contributed by atoms with Crippen molar-refractivity contribution in [3.63, 3.8) is 0 Å². The summed E-state index contributed by atoms with van der Waals surface area (Å²) in [7, 11) is 3.31. The Balaban J connectivity index is 2.12. The van der Waals surface area contributed by atoms with E-state index in [-0.39, 0.29) is 5.95 Å². The Labute approximate surface area is 160 Å². The highest BCUT2D eigenvalue weighted by Gasteiger charge is 2.17. The molecule has 0 aliphatic rings. The maximum absolute atomic E-state index is 5.75. The van der Waals surface area contributed by atoms with Gasteiger partial charge in [-0.25, -0.2) is 9.97 Å². The fraction of sp³-hybridized carbons (Fsp3) is 0.267. The van der Waals surface area contributed by atoms with Crippen LogP contribution in [0.15, 0.2) is 17.0 Å². The van der Waals surface area contributed by atoms with E-state index in [4.69, 9.17) is 15.2 Å². The summed E-state index contributed by atoms with van der Waals surface area (Å²) in [5.41, 5.74) is 9.11. The largest absolute Gasteiger partial charge is 0.496 e. The molecule has 0 unspecified atom stereocenters. The smallest absolute Gasteiger partial charge is 0.223 e. The Bertz CT molecular complexity index is 928. The van der Waals surface area contributed by atoms with Crippen molar-refractivity contribution >= 4 is 55.6 Å². The number of nitrogens with two attached hydrogens (primary N) is 1. The highest BCUT2D eigenvalue weighted by molar-refractivity contribution is 14.1. The van der Waals surface area contributed by atoms with Gasteiger partial charge in [-0.05, 0) is 57.1 Å². The third-order valence-corrected chi connectivity index (χ3v) is 5.44. The number of ether oxygens (including phenoxy) is 2. The highest BCUT2D eigenvalue weighted by atomic mass is 127. The monoisotopic (exact) mass is 503 g/mol. The minimum Gasteiger partial charge on any atom is -0.496 e. The molecule has 0 aliphatic heterocycles. The lowest BCUT2D eigenvalue weighted by molar-refractivity contribution is 0.385. The zero-order valence-electron chi connectivity index (χ0n) is 13.3. The SMILES string of the molecule is COc1cc(Cn2cnc3c(Br)nc(N)nc32)c(I)c(OC)c1C. The van der Waals surface area contributed by atoms with Gasteiger partial charge in [0.1, 0.15) is 21.6 Å². The molecule has 0 saturated carbocycles. The Morgan fingerprint density at radius 1 is 1.29 bits per heavy atom. The van der Waals surface area contributed by atoms with Crippen LogP contribution in [0.3, 0.4) is 0 Å². The third-order valence-electron chi connectivity index (χ3n) is 3.70. The Hall–Kier alpha value is -1.62. The highest BCUT2D eigenvalue weighted by Crippen LogP contribution is 2.36. The van der Waals surface area contributed by atoms with Crippen molar-refractivity contribution in [2.45, 2.75) is 13.5 Å². The molecular formula is C15H15BrIN5O2. The lowest BCUT2D eigenvalue weighted by atomic mass is 10.1. The van der Waals surface area contributed by atoms with Gasteiger partial charge < -0.3 is 19.8 Å². The fourth-order valence-corrected chi connectivity index (χ4v) is 3.96. The predicted octanol–water partition coefficient (Wildman–Crippen LogP) is 3.15. The number of halogens is 2. The van der Waals surface area contributed by atoms with E-state index in [1.165, 1.54) is 0 Å². The van der Waals surface area contributed by atoms with E-state index in [0.29, 0.717) is 22.3 Å². The Kier molecular flexibility index (Phi) is 4.81. The summed E-state index contributed by atoms with van der Waals surface area (Å²) < 4.78 is 14.5. The van der Waals surface area contributed by atoms with Crippen molar-refractivity contribution in [1.82, 2.24) is 19.5 Å². The maximum atomic E-state index is 5.75. The first-order chi connectivity index (χ1) is 11.5. The van der Waals surface area contributed by atoms with Gasteiger partial charge in [-0.2, -0.15) is 4.98 Å². The first kappa shape index (κ1) is 17.2. The molecule has 3 aromatic rings. The second kappa shape index (κ2) is 6.71. The average Bonchev–Trinajstić information content (AvgIpc) is 2.93. The predicted molar refractivity (Wildman–Crippen MR) is 104 cm³/mol. The van der Waals surface area contributed by atoms with Gasteiger partial charge >= 0.3 is 0 Å². The number of fused-ring (bicyclic) bond motifs is 1. The molecule has 2 N–H and O–H groups in total. The summed E-state index contributed by atoms with van der Waals surface area (Å²) in [6.07, 6.45) is 1.72. The van der Waals surface area contributed by atoms with E-state index in [1.807, 2.05) is 17.6 Å². The van der Waals surface area contributed by atoms with Crippen molar-refractivity contribution in [2.75, 3.05) is 20.0 Å². The van der Waals surface area contributed by atoms with Crippen LogP contribution in [0.1, 0.15) is 11.1 Å². The molecule has 9 heteroatoms. The topological polar surface area (TPSA) is 88.1 Å². The summed E-state index contributed by atoms with van der Waals surface area (Å²) in [6.45, 7) is 2.53. The Morgan fingerprint density at radius 3 is 2.71 bits per heavy atom. The van der Waals surface area contributed by atoms with Crippen LogP contribution in [0.25, 0.3) is 11.2 Å². The lowest BCUT2D eigenvalue weighted by Gasteiger charge is -2.16. The normalized spacial score (nSPS) is 11.0. The van der Waals surface area contributed by atoms with Gasteiger partial charge in [0.2, 0.25) is 5.95 Å². The van der Waals surface area contributed by atoms with Gasteiger partial charge in [0, 0.05) is 5.56 Å². The van der Waals surface area contributed by atoms with Crippen LogP contribution < -0.4 is 15.2 Å². The number of rotatable bonds is 4.